The summed E-state index contributed by atoms with van der Waals surface area (Å²) in [6.45, 7) is 1.38. The van der Waals surface area contributed by atoms with Crippen LogP contribution >= 0.6 is 0 Å². The summed E-state index contributed by atoms with van der Waals surface area (Å²) in [6.07, 6.45) is -2.56. The Hall–Kier alpha value is -1.69. The summed E-state index contributed by atoms with van der Waals surface area (Å²) in [7, 11) is 1.23. The van der Waals surface area contributed by atoms with Crippen molar-refractivity contribution in [1.29, 1.82) is 0 Å². The number of halogens is 2. The van der Waals surface area contributed by atoms with Gasteiger partial charge in [0, 0.05) is 0 Å². The van der Waals surface area contributed by atoms with Crippen LogP contribution < -0.4 is 4.74 Å². The van der Waals surface area contributed by atoms with Gasteiger partial charge >= 0.3 is 11.9 Å². The summed E-state index contributed by atoms with van der Waals surface area (Å²) in [5.41, 5.74) is -0.562. The number of aliphatic hydroxyl groups is 1. The highest BCUT2D eigenvalue weighted by molar-refractivity contribution is 5.76. The molecule has 1 aromatic carbocycles. The molecule has 1 rings (SSSR count). The quantitative estimate of drug-likeness (QED) is 0.819. The summed E-state index contributed by atoms with van der Waals surface area (Å²) in [5.74, 6) is -5.25. The molecule has 6 heteroatoms. The first kappa shape index (κ1) is 14.4. The molecular formula is C12H14F2O4. The number of benzene rings is 1. The average molecular weight is 260 g/mol. The molecule has 0 saturated heterocycles. The minimum atomic E-state index is -3.78. The van der Waals surface area contributed by atoms with Crippen molar-refractivity contribution in [1.82, 2.24) is 0 Å². The summed E-state index contributed by atoms with van der Waals surface area (Å²) >= 11 is 0. The molecule has 0 heterocycles. The third-order valence-corrected chi connectivity index (χ3v) is 2.32. The van der Waals surface area contributed by atoms with Gasteiger partial charge in [0.05, 0.1) is 19.3 Å². The first-order valence-electron chi connectivity index (χ1n) is 5.31. The first-order chi connectivity index (χ1) is 8.45. The number of alkyl halides is 2. The van der Waals surface area contributed by atoms with E-state index in [1.165, 1.54) is 32.2 Å². The number of rotatable bonds is 5. The van der Waals surface area contributed by atoms with Gasteiger partial charge in [-0.3, -0.25) is 0 Å². The fourth-order valence-electron chi connectivity index (χ4n) is 1.44. The van der Waals surface area contributed by atoms with Crippen LogP contribution in [0.2, 0.25) is 0 Å². The first-order valence-corrected chi connectivity index (χ1v) is 5.31. The van der Waals surface area contributed by atoms with Crippen LogP contribution in [0, 0.1) is 0 Å². The molecule has 0 aliphatic carbocycles. The number of ether oxygens (including phenoxy) is 2. The Bertz CT molecular complexity index is 420. The lowest BCUT2D eigenvalue weighted by atomic mass is 10.0. The van der Waals surface area contributed by atoms with Crippen molar-refractivity contribution in [3.63, 3.8) is 0 Å². The largest absolute Gasteiger partial charge is 0.496 e. The Labute approximate surface area is 103 Å². The van der Waals surface area contributed by atoms with Crippen LogP contribution in [0.3, 0.4) is 0 Å². The molecule has 0 aromatic heterocycles. The maximum Gasteiger partial charge on any atom is 0.341 e. The second-order valence-electron chi connectivity index (χ2n) is 3.48. The number of carbonyl (C=O) groups is 1. The molecule has 0 bridgehead atoms. The van der Waals surface area contributed by atoms with E-state index in [1.54, 1.807) is 0 Å². The van der Waals surface area contributed by atoms with Crippen molar-refractivity contribution in [2.24, 2.45) is 0 Å². The van der Waals surface area contributed by atoms with Crippen LogP contribution in [0.1, 0.15) is 12.5 Å². The lowest BCUT2D eigenvalue weighted by Gasteiger charge is -2.22. The van der Waals surface area contributed by atoms with Crippen LogP contribution in [-0.4, -0.2) is 30.9 Å². The number of hydrogen-bond acceptors (Lipinski definition) is 4. The number of methoxy groups -OCH3 is 1. The second kappa shape index (κ2) is 5.77. The lowest BCUT2D eigenvalue weighted by Crippen LogP contribution is -2.39. The number of carbonyl (C=O) groups excluding carboxylic acids is 1. The van der Waals surface area contributed by atoms with Gasteiger partial charge in [0.1, 0.15) is 5.75 Å². The van der Waals surface area contributed by atoms with Gasteiger partial charge in [-0.05, 0) is 19.1 Å². The molecule has 1 unspecified atom stereocenters. The normalized spacial score (nSPS) is 12.9. The number of esters is 1. The number of para-hydroxylation sites is 1. The Morgan fingerprint density at radius 1 is 1.44 bits per heavy atom. The van der Waals surface area contributed by atoms with Gasteiger partial charge in [-0.15, -0.1) is 0 Å². The monoisotopic (exact) mass is 260 g/mol. The molecule has 4 nitrogen and oxygen atoms in total. The SMILES string of the molecule is CCOC(=O)C(O)C(F)(F)c1ccccc1OC. The summed E-state index contributed by atoms with van der Waals surface area (Å²) < 4.78 is 37.0. The molecule has 100 valence electrons. The van der Waals surface area contributed by atoms with E-state index in [-0.39, 0.29) is 12.4 Å². The van der Waals surface area contributed by atoms with E-state index in [2.05, 4.69) is 4.74 Å². The predicted octanol–water partition coefficient (Wildman–Crippen LogP) is 1.71. The van der Waals surface area contributed by atoms with E-state index < -0.39 is 23.6 Å². The molecule has 0 amide bonds. The van der Waals surface area contributed by atoms with Gasteiger partial charge in [0.25, 0.3) is 0 Å². The third kappa shape index (κ3) is 2.76. The van der Waals surface area contributed by atoms with Gasteiger partial charge in [0.15, 0.2) is 0 Å². The van der Waals surface area contributed by atoms with Gasteiger partial charge < -0.3 is 14.6 Å². The van der Waals surface area contributed by atoms with Gasteiger partial charge in [-0.2, -0.15) is 8.78 Å². The zero-order valence-electron chi connectivity index (χ0n) is 10.0. The van der Waals surface area contributed by atoms with Crippen molar-refractivity contribution in [2.75, 3.05) is 13.7 Å². The Kier molecular flexibility index (Phi) is 4.61. The van der Waals surface area contributed by atoms with E-state index in [1.807, 2.05) is 0 Å². The smallest absolute Gasteiger partial charge is 0.341 e. The summed E-state index contributed by atoms with van der Waals surface area (Å²) in [5, 5.41) is 9.37. The number of aliphatic hydroxyl groups excluding tert-OH is 1. The van der Waals surface area contributed by atoms with Crippen molar-refractivity contribution < 1.29 is 28.2 Å². The standard InChI is InChI=1S/C12H14F2O4/c1-3-18-11(16)10(15)12(13,14)8-6-4-5-7-9(8)17-2/h4-7,10,15H,3H2,1-2H3. The van der Waals surface area contributed by atoms with Crippen LogP contribution in [0.25, 0.3) is 0 Å². The lowest BCUT2D eigenvalue weighted by molar-refractivity contribution is -0.178. The van der Waals surface area contributed by atoms with E-state index >= 15 is 0 Å². The Morgan fingerprint density at radius 3 is 2.61 bits per heavy atom. The average Bonchev–Trinajstić information content (AvgIpc) is 2.38. The van der Waals surface area contributed by atoms with Crippen molar-refractivity contribution >= 4 is 5.97 Å². The van der Waals surface area contributed by atoms with Crippen molar-refractivity contribution in [3.8, 4) is 5.75 Å². The molecule has 18 heavy (non-hydrogen) atoms. The van der Waals surface area contributed by atoms with Crippen LogP contribution in [0.4, 0.5) is 8.78 Å². The van der Waals surface area contributed by atoms with E-state index in [0.29, 0.717) is 0 Å². The van der Waals surface area contributed by atoms with Crippen molar-refractivity contribution in [2.45, 2.75) is 19.0 Å². The van der Waals surface area contributed by atoms with Crippen LogP contribution in [-0.2, 0) is 15.5 Å². The predicted molar refractivity (Wildman–Crippen MR) is 59.5 cm³/mol. The van der Waals surface area contributed by atoms with Gasteiger partial charge in [0.2, 0.25) is 6.10 Å². The Morgan fingerprint density at radius 2 is 2.06 bits per heavy atom. The molecule has 1 aromatic rings. The maximum absolute atomic E-state index is 13.9. The van der Waals surface area contributed by atoms with Gasteiger partial charge in [-0.25, -0.2) is 4.79 Å². The highest BCUT2D eigenvalue weighted by Gasteiger charge is 2.47. The second-order valence-corrected chi connectivity index (χ2v) is 3.48. The minimum absolute atomic E-state index is 0.0854. The molecule has 1 N–H and O–H groups in total. The minimum Gasteiger partial charge on any atom is -0.496 e. The van der Waals surface area contributed by atoms with E-state index in [9.17, 15) is 18.7 Å². The van der Waals surface area contributed by atoms with Crippen LogP contribution in [0.5, 0.6) is 5.75 Å². The molecule has 0 aliphatic rings. The van der Waals surface area contributed by atoms with Crippen LogP contribution in [0.15, 0.2) is 24.3 Å². The Balaban J connectivity index is 3.08. The topological polar surface area (TPSA) is 55.8 Å². The van der Waals surface area contributed by atoms with E-state index in [4.69, 9.17) is 4.74 Å². The highest BCUT2D eigenvalue weighted by Crippen LogP contribution is 2.37. The fraction of sp³-hybridized carbons (Fsp3) is 0.417. The summed E-state index contributed by atoms with van der Waals surface area (Å²) in [6, 6.07) is 5.28. The zero-order chi connectivity index (χ0) is 13.8. The third-order valence-electron chi connectivity index (χ3n) is 2.32. The highest BCUT2D eigenvalue weighted by atomic mass is 19.3. The molecule has 0 aliphatic heterocycles. The van der Waals surface area contributed by atoms with Gasteiger partial charge in [-0.1, -0.05) is 12.1 Å². The fourth-order valence-corrected chi connectivity index (χ4v) is 1.44. The maximum atomic E-state index is 13.9. The summed E-state index contributed by atoms with van der Waals surface area (Å²) in [4.78, 5) is 11.2. The molecular weight excluding hydrogens is 246 g/mol. The molecule has 0 spiro atoms. The zero-order valence-corrected chi connectivity index (χ0v) is 10.0. The molecule has 1 atom stereocenters. The number of hydrogen-bond donors (Lipinski definition) is 1. The molecule has 0 fully saturated rings. The molecule has 0 radical (unpaired) electrons. The van der Waals surface area contributed by atoms with E-state index in [0.717, 1.165) is 6.07 Å². The van der Waals surface area contributed by atoms with Crippen molar-refractivity contribution in [3.05, 3.63) is 29.8 Å². The molecule has 0 saturated carbocycles.